The summed E-state index contributed by atoms with van der Waals surface area (Å²) in [5, 5.41) is 3.20. The first-order valence-corrected chi connectivity index (χ1v) is 7.57. The average Bonchev–Trinajstić information content (AvgIpc) is 2.80. The lowest BCUT2D eigenvalue weighted by Gasteiger charge is -2.09. The Kier molecular flexibility index (Phi) is 5.33. The maximum Gasteiger partial charge on any atom is 0.340 e. The molecule has 1 aromatic heterocycles. The Bertz CT molecular complexity index is 843. The van der Waals surface area contributed by atoms with E-state index in [0.717, 1.165) is 0 Å². The van der Waals surface area contributed by atoms with E-state index in [1.165, 1.54) is 11.8 Å². The minimum Gasteiger partial charge on any atom is -0.465 e. The predicted molar refractivity (Wildman–Crippen MR) is 93.6 cm³/mol. The number of methoxy groups -OCH3 is 1. The van der Waals surface area contributed by atoms with Gasteiger partial charge in [-0.05, 0) is 38.1 Å². The number of carbonyl (C=O) groups excluding carboxylic acids is 3. The molecule has 4 N–H and O–H groups in total. The monoisotopic (exact) mass is 364 g/mol. The van der Waals surface area contributed by atoms with Crippen LogP contribution in [0.3, 0.4) is 0 Å². The smallest absolute Gasteiger partial charge is 0.340 e. The van der Waals surface area contributed by atoms with Crippen LogP contribution in [0.4, 0.5) is 10.5 Å². The molecule has 9 heteroatoms. The van der Waals surface area contributed by atoms with Crippen LogP contribution >= 0.6 is 11.6 Å². The topological polar surface area (TPSA) is 115 Å². The number of hydrogen-bond donors (Lipinski definition) is 3. The Hall–Kier alpha value is -3.00. The van der Waals surface area contributed by atoms with Crippen LogP contribution in [0.1, 0.15) is 32.1 Å². The number of benzene rings is 1. The Morgan fingerprint density at radius 2 is 1.64 bits per heavy atom. The molecule has 0 radical (unpaired) electrons. The minimum atomic E-state index is -0.831. The van der Waals surface area contributed by atoms with E-state index in [1.54, 1.807) is 38.1 Å². The number of halogens is 1. The first-order chi connectivity index (χ1) is 11.8. The van der Waals surface area contributed by atoms with Gasteiger partial charge < -0.3 is 15.8 Å². The Morgan fingerprint density at radius 1 is 1.08 bits per heavy atom. The van der Waals surface area contributed by atoms with E-state index in [1.807, 2.05) is 0 Å². The van der Waals surface area contributed by atoms with Gasteiger partial charge in [0.2, 0.25) is 0 Å². The number of rotatable bonds is 4. The van der Waals surface area contributed by atoms with Crippen molar-refractivity contribution in [2.75, 3.05) is 17.9 Å². The number of anilines is 1. The molecule has 1 heterocycles. The minimum absolute atomic E-state index is 0.0419. The lowest BCUT2D eigenvalue weighted by molar-refractivity contribution is 0.0596. The highest BCUT2D eigenvalue weighted by molar-refractivity contribution is 6.30. The van der Waals surface area contributed by atoms with Crippen molar-refractivity contribution < 1.29 is 19.1 Å². The van der Waals surface area contributed by atoms with Crippen LogP contribution in [0.2, 0.25) is 5.02 Å². The molecule has 0 fully saturated rings. The molecule has 0 aliphatic carbocycles. The molecule has 3 amide bonds. The van der Waals surface area contributed by atoms with Crippen LogP contribution < -0.4 is 16.5 Å². The normalized spacial score (nSPS) is 10.2. The van der Waals surface area contributed by atoms with E-state index in [9.17, 15) is 14.4 Å². The third-order valence-electron chi connectivity index (χ3n) is 3.59. The summed E-state index contributed by atoms with van der Waals surface area (Å²) in [6, 6.07) is 5.66. The zero-order chi connectivity index (χ0) is 18.7. The fraction of sp³-hybridized carbons (Fsp3) is 0.188. The van der Waals surface area contributed by atoms with Gasteiger partial charge in [0.25, 0.3) is 5.91 Å². The van der Waals surface area contributed by atoms with Gasteiger partial charge in [0.05, 0.1) is 29.6 Å². The van der Waals surface area contributed by atoms with Gasteiger partial charge in [-0.25, -0.2) is 15.0 Å². The number of ether oxygens (including phenoxy) is 1. The molecule has 132 valence electrons. The molecular formula is C16H17ClN4O4. The van der Waals surface area contributed by atoms with Gasteiger partial charge in [0, 0.05) is 10.7 Å². The lowest BCUT2D eigenvalue weighted by Crippen LogP contribution is -2.30. The van der Waals surface area contributed by atoms with E-state index in [2.05, 4.69) is 10.7 Å². The summed E-state index contributed by atoms with van der Waals surface area (Å²) < 4.78 is 6.02. The summed E-state index contributed by atoms with van der Waals surface area (Å²) in [5.74, 6) is -1.24. The van der Waals surface area contributed by atoms with Gasteiger partial charge in [-0.3, -0.25) is 9.47 Å². The largest absolute Gasteiger partial charge is 0.465 e. The quantitative estimate of drug-likeness (QED) is 0.722. The maximum absolute atomic E-state index is 12.7. The van der Waals surface area contributed by atoms with Crippen molar-refractivity contribution in [1.82, 2.24) is 4.68 Å². The van der Waals surface area contributed by atoms with Gasteiger partial charge >= 0.3 is 12.0 Å². The van der Waals surface area contributed by atoms with Crippen LogP contribution in [0, 0.1) is 13.8 Å². The molecule has 0 bridgehead atoms. The Balaban J connectivity index is 2.50. The fourth-order valence-electron chi connectivity index (χ4n) is 2.47. The molecule has 0 spiro atoms. The number of nitrogens with one attached hydrogen (secondary N) is 2. The Morgan fingerprint density at radius 3 is 2.16 bits per heavy atom. The number of aromatic nitrogens is 1. The number of primary amides is 1. The highest BCUT2D eigenvalue weighted by Crippen LogP contribution is 2.24. The number of nitrogens with two attached hydrogens (primary N) is 1. The first-order valence-electron chi connectivity index (χ1n) is 7.19. The summed E-state index contributed by atoms with van der Waals surface area (Å²) in [4.78, 5) is 36.0. The molecule has 0 atom stereocenters. The molecule has 0 aliphatic rings. The molecular weight excluding hydrogens is 348 g/mol. The van der Waals surface area contributed by atoms with Gasteiger partial charge in [-0.15, -0.1) is 0 Å². The standard InChI is InChI=1S/C16H17ClN4O4/c1-8-12(14(22)19-11-6-4-10(17)5-7-11)13(15(23)25-3)9(2)21(8)20-16(18)24/h4-7H,1-3H3,(H,19,22)(H3,18,20,24). The highest BCUT2D eigenvalue weighted by atomic mass is 35.5. The van der Waals surface area contributed by atoms with Crippen molar-refractivity contribution in [2.45, 2.75) is 13.8 Å². The van der Waals surface area contributed by atoms with Gasteiger partial charge in [0.15, 0.2) is 0 Å². The zero-order valence-corrected chi connectivity index (χ0v) is 14.6. The van der Waals surface area contributed by atoms with Gasteiger partial charge in [0.1, 0.15) is 0 Å². The van der Waals surface area contributed by atoms with Crippen LogP contribution in [0.25, 0.3) is 0 Å². The Labute approximate surface area is 148 Å². The van der Waals surface area contributed by atoms with Crippen molar-refractivity contribution in [3.05, 3.63) is 51.8 Å². The second-order valence-corrected chi connectivity index (χ2v) is 5.62. The first kappa shape index (κ1) is 18.3. The summed E-state index contributed by atoms with van der Waals surface area (Å²) in [7, 11) is 1.21. The van der Waals surface area contributed by atoms with Crippen molar-refractivity contribution >= 4 is 35.2 Å². The molecule has 0 aliphatic heterocycles. The summed E-state index contributed by atoms with van der Waals surface area (Å²) in [6.07, 6.45) is 0. The average molecular weight is 365 g/mol. The lowest BCUT2D eigenvalue weighted by atomic mass is 10.1. The van der Waals surface area contributed by atoms with Crippen LogP contribution in [0.5, 0.6) is 0 Å². The van der Waals surface area contributed by atoms with Crippen molar-refractivity contribution in [1.29, 1.82) is 0 Å². The zero-order valence-electron chi connectivity index (χ0n) is 13.8. The molecule has 2 rings (SSSR count). The van der Waals surface area contributed by atoms with Crippen LogP contribution in [-0.2, 0) is 4.74 Å². The van der Waals surface area contributed by atoms with E-state index in [-0.39, 0.29) is 11.1 Å². The summed E-state index contributed by atoms with van der Waals surface area (Å²) in [6.45, 7) is 3.14. The third kappa shape index (κ3) is 3.74. The number of esters is 1. The number of nitrogens with zero attached hydrogens (tertiary/aromatic N) is 1. The molecule has 2 aromatic rings. The van der Waals surface area contributed by atoms with Gasteiger partial charge in [-0.1, -0.05) is 11.6 Å². The van der Waals surface area contributed by atoms with Crippen LogP contribution in [0.15, 0.2) is 24.3 Å². The van der Waals surface area contributed by atoms with Crippen molar-refractivity contribution in [3.63, 3.8) is 0 Å². The second kappa shape index (κ2) is 7.27. The fourth-order valence-corrected chi connectivity index (χ4v) is 2.60. The third-order valence-corrected chi connectivity index (χ3v) is 3.84. The number of amides is 3. The highest BCUT2D eigenvalue weighted by Gasteiger charge is 2.28. The van der Waals surface area contributed by atoms with Gasteiger partial charge in [-0.2, -0.15) is 0 Å². The van der Waals surface area contributed by atoms with E-state index in [0.29, 0.717) is 22.1 Å². The predicted octanol–water partition coefficient (Wildman–Crippen LogP) is 2.42. The van der Waals surface area contributed by atoms with E-state index in [4.69, 9.17) is 22.1 Å². The van der Waals surface area contributed by atoms with Crippen molar-refractivity contribution in [3.8, 4) is 0 Å². The summed E-state index contributed by atoms with van der Waals surface area (Å²) in [5.41, 5.74) is 8.78. The molecule has 0 saturated carbocycles. The van der Waals surface area contributed by atoms with Crippen LogP contribution in [-0.4, -0.2) is 29.7 Å². The molecule has 1 aromatic carbocycles. The molecule has 25 heavy (non-hydrogen) atoms. The van der Waals surface area contributed by atoms with E-state index < -0.39 is 17.9 Å². The second-order valence-electron chi connectivity index (χ2n) is 5.18. The maximum atomic E-state index is 12.7. The number of carbonyl (C=O) groups is 3. The number of urea groups is 1. The SMILES string of the molecule is COC(=O)c1c(C(=O)Nc2ccc(Cl)cc2)c(C)n(NC(N)=O)c1C. The number of hydrogen-bond acceptors (Lipinski definition) is 4. The molecule has 0 unspecified atom stereocenters. The summed E-state index contributed by atoms with van der Waals surface area (Å²) >= 11 is 5.82. The molecule has 0 saturated heterocycles. The molecule has 8 nitrogen and oxygen atoms in total. The van der Waals surface area contributed by atoms with E-state index >= 15 is 0 Å². The van der Waals surface area contributed by atoms with Crippen molar-refractivity contribution in [2.24, 2.45) is 5.73 Å².